The average molecular weight is 330 g/mol. The molecule has 0 aliphatic carbocycles. The second kappa shape index (κ2) is 6.30. The molecule has 5 nitrogen and oxygen atoms in total. The van der Waals surface area contributed by atoms with Crippen LogP contribution >= 0.6 is 11.6 Å². The van der Waals surface area contributed by atoms with Gasteiger partial charge in [0.1, 0.15) is 0 Å². The first-order valence-corrected chi connectivity index (χ1v) is 7.40. The minimum Gasteiger partial charge on any atom is -0.493 e. The maximum atomic E-state index is 6.14. The van der Waals surface area contributed by atoms with Gasteiger partial charge in [-0.1, -0.05) is 35.9 Å². The number of benzene rings is 2. The Bertz CT molecular complexity index is 854. The van der Waals surface area contributed by atoms with Crippen LogP contribution in [0.3, 0.4) is 0 Å². The average Bonchev–Trinajstić information content (AvgIpc) is 2.61. The molecule has 3 aromatic rings. The third kappa shape index (κ3) is 2.75. The summed E-state index contributed by atoms with van der Waals surface area (Å²) in [6, 6.07) is 13.5. The fraction of sp³-hybridized carbons (Fsp3) is 0.176. The summed E-state index contributed by atoms with van der Waals surface area (Å²) in [6.45, 7) is 0. The summed E-state index contributed by atoms with van der Waals surface area (Å²) in [5, 5.41) is 10.5. The van der Waals surface area contributed by atoms with Crippen molar-refractivity contribution in [2.45, 2.75) is 0 Å². The Morgan fingerprint density at radius 3 is 2.30 bits per heavy atom. The van der Waals surface area contributed by atoms with Gasteiger partial charge >= 0.3 is 0 Å². The van der Waals surface area contributed by atoms with E-state index in [-0.39, 0.29) is 0 Å². The molecule has 0 aliphatic heterocycles. The van der Waals surface area contributed by atoms with Crippen LogP contribution in [0.25, 0.3) is 10.8 Å². The van der Waals surface area contributed by atoms with Crippen LogP contribution in [0, 0.1) is 0 Å². The third-order valence-corrected chi connectivity index (χ3v) is 3.97. The molecule has 0 atom stereocenters. The number of anilines is 2. The Hall–Kier alpha value is -2.53. The zero-order valence-electron chi connectivity index (χ0n) is 13.1. The van der Waals surface area contributed by atoms with Crippen molar-refractivity contribution in [3.8, 4) is 11.5 Å². The molecule has 0 radical (unpaired) electrons. The highest BCUT2D eigenvalue weighted by atomic mass is 35.5. The predicted octanol–water partition coefficient (Wildman–Crippen LogP) is 4.07. The highest BCUT2D eigenvalue weighted by molar-refractivity contribution is 6.34. The molecule has 2 aromatic carbocycles. The number of methoxy groups -OCH3 is 2. The Morgan fingerprint density at radius 2 is 1.61 bits per heavy atom. The topological polar surface area (TPSA) is 47.5 Å². The van der Waals surface area contributed by atoms with Crippen molar-refractivity contribution in [1.82, 2.24) is 10.2 Å². The molecule has 0 bridgehead atoms. The van der Waals surface area contributed by atoms with Gasteiger partial charge in [0.05, 0.1) is 14.2 Å². The summed E-state index contributed by atoms with van der Waals surface area (Å²) in [5.41, 5.74) is 0.907. The van der Waals surface area contributed by atoms with Crippen LogP contribution in [0.2, 0.25) is 5.15 Å². The molecule has 23 heavy (non-hydrogen) atoms. The van der Waals surface area contributed by atoms with E-state index in [1.807, 2.05) is 54.4 Å². The Morgan fingerprint density at radius 1 is 0.913 bits per heavy atom. The van der Waals surface area contributed by atoms with E-state index in [0.29, 0.717) is 16.7 Å². The summed E-state index contributed by atoms with van der Waals surface area (Å²) in [6.07, 6.45) is 0. The molecule has 3 rings (SSSR count). The highest BCUT2D eigenvalue weighted by Gasteiger charge is 2.14. The van der Waals surface area contributed by atoms with Gasteiger partial charge in [0.15, 0.2) is 22.5 Å². The molecule has 0 saturated heterocycles. The van der Waals surface area contributed by atoms with E-state index in [2.05, 4.69) is 10.2 Å². The summed E-state index contributed by atoms with van der Waals surface area (Å²) in [5.74, 6) is 2.05. The van der Waals surface area contributed by atoms with Crippen LogP contribution in [0.15, 0.2) is 42.5 Å². The molecular weight excluding hydrogens is 314 g/mol. The second-order valence-electron chi connectivity index (χ2n) is 4.96. The predicted molar refractivity (Wildman–Crippen MR) is 92.2 cm³/mol. The van der Waals surface area contributed by atoms with Crippen molar-refractivity contribution in [3.05, 3.63) is 47.6 Å². The molecule has 6 heteroatoms. The first kappa shape index (κ1) is 15.4. The Kier molecular flexibility index (Phi) is 4.21. The fourth-order valence-electron chi connectivity index (χ4n) is 2.46. The van der Waals surface area contributed by atoms with Crippen molar-refractivity contribution < 1.29 is 9.47 Å². The van der Waals surface area contributed by atoms with Crippen molar-refractivity contribution in [2.75, 3.05) is 26.2 Å². The number of halogens is 1. The Balaban J connectivity index is 2.11. The summed E-state index contributed by atoms with van der Waals surface area (Å²) in [7, 11) is 5.14. The number of rotatable bonds is 4. The van der Waals surface area contributed by atoms with Crippen molar-refractivity contribution in [1.29, 1.82) is 0 Å². The van der Waals surface area contributed by atoms with Gasteiger partial charge in [0.2, 0.25) is 0 Å². The van der Waals surface area contributed by atoms with Crippen LogP contribution in [0.1, 0.15) is 0 Å². The van der Waals surface area contributed by atoms with Crippen molar-refractivity contribution in [3.63, 3.8) is 0 Å². The van der Waals surface area contributed by atoms with Gasteiger partial charge in [-0.15, -0.1) is 10.2 Å². The first-order chi connectivity index (χ1) is 11.2. The second-order valence-corrected chi connectivity index (χ2v) is 5.32. The molecule has 0 saturated carbocycles. The van der Waals surface area contributed by atoms with Gasteiger partial charge in [0, 0.05) is 29.6 Å². The molecule has 0 amide bonds. The lowest BCUT2D eigenvalue weighted by Gasteiger charge is -2.21. The third-order valence-electron chi connectivity index (χ3n) is 3.69. The molecular formula is C17H16ClN3O2. The molecule has 1 heterocycles. The summed E-state index contributed by atoms with van der Waals surface area (Å²) < 4.78 is 10.6. The highest BCUT2D eigenvalue weighted by Crippen LogP contribution is 2.35. The molecule has 0 aliphatic rings. The molecule has 0 spiro atoms. The van der Waals surface area contributed by atoms with E-state index in [1.165, 1.54) is 0 Å². The number of nitrogens with zero attached hydrogens (tertiary/aromatic N) is 3. The van der Waals surface area contributed by atoms with Gasteiger partial charge in [-0.3, -0.25) is 0 Å². The van der Waals surface area contributed by atoms with E-state index in [9.17, 15) is 0 Å². The number of hydrogen-bond donors (Lipinski definition) is 0. The maximum absolute atomic E-state index is 6.14. The lowest BCUT2D eigenvalue weighted by Crippen LogP contribution is -2.12. The molecule has 118 valence electrons. The van der Waals surface area contributed by atoms with E-state index in [1.54, 1.807) is 14.2 Å². The molecule has 1 aromatic heterocycles. The number of aromatic nitrogens is 2. The number of fused-ring (bicyclic) bond motifs is 1. The van der Waals surface area contributed by atoms with E-state index >= 15 is 0 Å². The number of hydrogen-bond acceptors (Lipinski definition) is 5. The summed E-state index contributed by atoms with van der Waals surface area (Å²) >= 11 is 6.14. The Labute approximate surface area is 139 Å². The molecule has 0 fully saturated rings. The van der Waals surface area contributed by atoms with Gasteiger partial charge in [-0.2, -0.15) is 0 Å². The van der Waals surface area contributed by atoms with Crippen LogP contribution in [0.4, 0.5) is 11.5 Å². The minimum atomic E-state index is 0.394. The van der Waals surface area contributed by atoms with Crippen LogP contribution < -0.4 is 14.4 Å². The van der Waals surface area contributed by atoms with Crippen LogP contribution in [-0.4, -0.2) is 31.5 Å². The maximum Gasteiger partial charge on any atom is 0.163 e. The quantitative estimate of drug-likeness (QED) is 0.722. The van der Waals surface area contributed by atoms with E-state index in [0.717, 1.165) is 22.3 Å². The lowest BCUT2D eigenvalue weighted by molar-refractivity contribution is 0.355. The monoisotopic (exact) mass is 329 g/mol. The van der Waals surface area contributed by atoms with E-state index in [4.69, 9.17) is 21.1 Å². The smallest absolute Gasteiger partial charge is 0.163 e. The molecule has 0 unspecified atom stereocenters. The largest absolute Gasteiger partial charge is 0.493 e. The van der Waals surface area contributed by atoms with Crippen LogP contribution in [0.5, 0.6) is 11.5 Å². The standard InChI is InChI=1S/C17H16ClN3O2/c1-21(11-8-9-14(22-2)15(10-11)23-3)17-13-7-5-4-6-12(13)16(18)19-20-17/h4-10H,1-3H3. The zero-order valence-corrected chi connectivity index (χ0v) is 13.8. The SMILES string of the molecule is COc1ccc(N(C)c2nnc(Cl)c3ccccc23)cc1OC. The number of ether oxygens (including phenoxy) is 2. The van der Waals surface area contributed by atoms with Gasteiger partial charge in [0.25, 0.3) is 0 Å². The first-order valence-electron chi connectivity index (χ1n) is 7.02. The zero-order chi connectivity index (χ0) is 16.4. The normalized spacial score (nSPS) is 10.6. The fourth-order valence-corrected chi connectivity index (χ4v) is 2.66. The minimum absolute atomic E-state index is 0.394. The summed E-state index contributed by atoms with van der Waals surface area (Å²) in [4.78, 5) is 1.94. The van der Waals surface area contributed by atoms with Crippen molar-refractivity contribution >= 4 is 33.9 Å². The van der Waals surface area contributed by atoms with Crippen LogP contribution in [-0.2, 0) is 0 Å². The molecule has 0 N–H and O–H groups in total. The lowest BCUT2D eigenvalue weighted by atomic mass is 10.1. The van der Waals surface area contributed by atoms with Crippen molar-refractivity contribution in [2.24, 2.45) is 0 Å². The van der Waals surface area contributed by atoms with E-state index < -0.39 is 0 Å². The van der Waals surface area contributed by atoms with Gasteiger partial charge in [-0.25, -0.2) is 0 Å². The van der Waals surface area contributed by atoms with Gasteiger partial charge in [-0.05, 0) is 12.1 Å². The van der Waals surface area contributed by atoms with Gasteiger partial charge < -0.3 is 14.4 Å².